The molecule has 1 heterocycles. The summed E-state index contributed by atoms with van der Waals surface area (Å²) < 4.78 is 18.6. The van der Waals surface area contributed by atoms with Crippen LogP contribution < -0.4 is 15.4 Å². The molecule has 0 saturated carbocycles. The Balaban J connectivity index is 1.48. The molecule has 26 heavy (non-hydrogen) atoms. The van der Waals surface area contributed by atoms with Gasteiger partial charge in [0.2, 0.25) is 5.91 Å². The van der Waals surface area contributed by atoms with E-state index in [0.717, 1.165) is 36.3 Å². The highest BCUT2D eigenvalue weighted by Crippen LogP contribution is 2.19. The molecule has 1 aliphatic heterocycles. The Morgan fingerprint density at radius 1 is 1.23 bits per heavy atom. The third-order valence-electron chi connectivity index (χ3n) is 4.67. The summed E-state index contributed by atoms with van der Waals surface area (Å²) in [5, 5.41) is 6.39. The lowest BCUT2D eigenvalue weighted by Gasteiger charge is -2.17. The summed E-state index contributed by atoms with van der Waals surface area (Å²) in [5.74, 6) is 0.568. The van der Waals surface area contributed by atoms with Crippen LogP contribution in [0.4, 0.5) is 4.39 Å². The van der Waals surface area contributed by atoms with E-state index in [9.17, 15) is 9.18 Å². The highest BCUT2D eigenvalue weighted by atomic mass is 19.1. The van der Waals surface area contributed by atoms with Crippen molar-refractivity contribution in [3.8, 4) is 5.75 Å². The summed E-state index contributed by atoms with van der Waals surface area (Å²) in [6, 6.07) is 14.2. The minimum absolute atomic E-state index is 0.0462. The van der Waals surface area contributed by atoms with Crippen LogP contribution >= 0.6 is 0 Å². The molecule has 1 amide bonds. The Morgan fingerprint density at radius 3 is 2.62 bits per heavy atom. The molecule has 5 heteroatoms. The van der Waals surface area contributed by atoms with Crippen molar-refractivity contribution in [2.45, 2.75) is 44.9 Å². The van der Waals surface area contributed by atoms with Gasteiger partial charge in [-0.2, -0.15) is 0 Å². The number of hydrogen-bond acceptors (Lipinski definition) is 3. The van der Waals surface area contributed by atoms with Crippen molar-refractivity contribution in [1.29, 1.82) is 0 Å². The Hall–Kier alpha value is -2.40. The van der Waals surface area contributed by atoms with Crippen LogP contribution in [-0.2, 0) is 11.4 Å². The molecule has 0 radical (unpaired) electrons. The van der Waals surface area contributed by atoms with Crippen molar-refractivity contribution >= 4 is 5.91 Å². The Kier molecular flexibility index (Phi) is 6.23. The molecule has 1 saturated heterocycles. The molecule has 2 aromatic carbocycles. The van der Waals surface area contributed by atoms with E-state index in [1.807, 2.05) is 31.2 Å². The van der Waals surface area contributed by atoms with Crippen LogP contribution in [0.3, 0.4) is 0 Å². The summed E-state index contributed by atoms with van der Waals surface area (Å²) >= 11 is 0. The smallest absolute Gasteiger partial charge is 0.222 e. The quantitative estimate of drug-likeness (QED) is 0.795. The maximum atomic E-state index is 12.9. The van der Waals surface area contributed by atoms with Crippen molar-refractivity contribution in [3.05, 3.63) is 65.5 Å². The monoisotopic (exact) mass is 356 g/mol. The number of rotatable bonds is 7. The van der Waals surface area contributed by atoms with Crippen molar-refractivity contribution < 1.29 is 13.9 Å². The number of halogens is 1. The van der Waals surface area contributed by atoms with Gasteiger partial charge in [0, 0.05) is 12.5 Å². The van der Waals surface area contributed by atoms with Gasteiger partial charge >= 0.3 is 0 Å². The number of amides is 1. The normalized spacial score (nSPS) is 17.7. The van der Waals surface area contributed by atoms with E-state index in [-0.39, 0.29) is 17.8 Å². The van der Waals surface area contributed by atoms with E-state index in [4.69, 9.17) is 4.74 Å². The fourth-order valence-corrected chi connectivity index (χ4v) is 3.14. The second-order valence-electron chi connectivity index (χ2n) is 6.77. The predicted octanol–water partition coefficient (Wildman–Crippen LogP) is 3.72. The van der Waals surface area contributed by atoms with Crippen molar-refractivity contribution in [2.75, 3.05) is 6.54 Å². The molecule has 0 aliphatic carbocycles. The van der Waals surface area contributed by atoms with Crippen molar-refractivity contribution in [3.63, 3.8) is 0 Å². The number of carbonyl (C=O) groups is 1. The highest BCUT2D eigenvalue weighted by Gasteiger charge is 2.18. The van der Waals surface area contributed by atoms with Gasteiger partial charge in [-0.3, -0.25) is 4.79 Å². The van der Waals surface area contributed by atoms with E-state index in [1.54, 1.807) is 12.1 Å². The molecule has 0 spiro atoms. The van der Waals surface area contributed by atoms with Crippen LogP contribution in [-0.4, -0.2) is 18.5 Å². The minimum Gasteiger partial charge on any atom is -0.489 e. The lowest BCUT2D eigenvalue weighted by molar-refractivity contribution is -0.122. The second kappa shape index (κ2) is 8.81. The third-order valence-corrected chi connectivity index (χ3v) is 4.67. The SMILES string of the molecule is CC(NC(=O)CC1CCCN1)c1ccc(OCc2ccc(F)cc2)cc1. The molecule has 2 unspecified atom stereocenters. The fraction of sp³-hybridized carbons (Fsp3) is 0.381. The number of nitrogens with one attached hydrogen (secondary N) is 2. The Morgan fingerprint density at radius 2 is 1.96 bits per heavy atom. The Bertz CT molecular complexity index is 710. The van der Waals surface area contributed by atoms with E-state index < -0.39 is 0 Å². The first-order valence-corrected chi connectivity index (χ1v) is 9.10. The molecule has 0 bridgehead atoms. The summed E-state index contributed by atoms with van der Waals surface area (Å²) in [6.07, 6.45) is 2.75. The van der Waals surface area contributed by atoms with Gasteiger partial charge in [-0.05, 0) is 61.7 Å². The molecule has 4 nitrogen and oxygen atoms in total. The van der Waals surface area contributed by atoms with Gasteiger partial charge in [0.1, 0.15) is 18.2 Å². The van der Waals surface area contributed by atoms with Gasteiger partial charge in [-0.15, -0.1) is 0 Å². The van der Waals surface area contributed by atoms with E-state index in [2.05, 4.69) is 10.6 Å². The molecule has 2 aromatic rings. The van der Waals surface area contributed by atoms with Gasteiger partial charge < -0.3 is 15.4 Å². The standard InChI is InChI=1S/C21H25FN2O2/c1-15(24-21(25)13-19-3-2-12-23-19)17-6-10-20(11-7-17)26-14-16-4-8-18(22)9-5-16/h4-11,15,19,23H,2-3,12-14H2,1H3,(H,24,25). The van der Waals surface area contributed by atoms with Crippen LogP contribution in [0.5, 0.6) is 5.75 Å². The van der Waals surface area contributed by atoms with Crippen LogP contribution in [0.25, 0.3) is 0 Å². The molecule has 3 rings (SSSR count). The van der Waals surface area contributed by atoms with Gasteiger partial charge in [-0.1, -0.05) is 24.3 Å². The van der Waals surface area contributed by atoms with Crippen molar-refractivity contribution in [2.24, 2.45) is 0 Å². The van der Waals surface area contributed by atoms with Crippen LogP contribution in [0.15, 0.2) is 48.5 Å². The minimum atomic E-state index is -0.252. The largest absolute Gasteiger partial charge is 0.489 e. The summed E-state index contributed by atoms with van der Waals surface area (Å²) in [6.45, 7) is 3.38. The molecule has 138 valence electrons. The molecular formula is C21H25FN2O2. The van der Waals surface area contributed by atoms with E-state index in [1.165, 1.54) is 12.1 Å². The molecule has 2 atom stereocenters. The van der Waals surface area contributed by atoms with Crippen molar-refractivity contribution in [1.82, 2.24) is 10.6 Å². The first-order valence-electron chi connectivity index (χ1n) is 9.10. The van der Waals surface area contributed by atoms with E-state index in [0.29, 0.717) is 19.1 Å². The second-order valence-corrected chi connectivity index (χ2v) is 6.77. The lowest BCUT2D eigenvalue weighted by atomic mass is 10.1. The third kappa shape index (κ3) is 5.30. The zero-order chi connectivity index (χ0) is 18.4. The fourth-order valence-electron chi connectivity index (χ4n) is 3.14. The lowest BCUT2D eigenvalue weighted by Crippen LogP contribution is -2.33. The molecule has 1 fully saturated rings. The van der Waals surface area contributed by atoms with Gasteiger partial charge in [0.15, 0.2) is 0 Å². The van der Waals surface area contributed by atoms with Crippen LogP contribution in [0.1, 0.15) is 43.4 Å². The summed E-state index contributed by atoms with van der Waals surface area (Å²) in [5.41, 5.74) is 1.95. The molecule has 2 N–H and O–H groups in total. The first-order chi connectivity index (χ1) is 12.6. The van der Waals surface area contributed by atoms with Crippen LogP contribution in [0, 0.1) is 5.82 Å². The number of hydrogen-bond donors (Lipinski definition) is 2. The summed E-state index contributed by atoms with van der Waals surface area (Å²) in [7, 11) is 0. The predicted molar refractivity (Wildman–Crippen MR) is 99.4 cm³/mol. The average Bonchev–Trinajstić information content (AvgIpc) is 3.14. The highest BCUT2D eigenvalue weighted by molar-refractivity contribution is 5.77. The van der Waals surface area contributed by atoms with Gasteiger partial charge in [0.25, 0.3) is 0 Å². The molecular weight excluding hydrogens is 331 g/mol. The van der Waals surface area contributed by atoms with E-state index >= 15 is 0 Å². The van der Waals surface area contributed by atoms with Gasteiger partial charge in [-0.25, -0.2) is 4.39 Å². The first kappa shape index (κ1) is 18.4. The topological polar surface area (TPSA) is 50.4 Å². The number of carbonyl (C=O) groups excluding carboxylic acids is 1. The zero-order valence-corrected chi connectivity index (χ0v) is 15.0. The van der Waals surface area contributed by atoms with Gasteiger partial charge in [0.05, 0.1) is 6.04 Å². The zero-order valence-electron chi connectivity index (χ0n) is 15.0. The number of benzene rings is 2. The number of ether oxygens (including phenoxy) is 1. The molecule has 1 aliphatic rings. The Labute approximate surface area is 153 Å². The van der Waals surface area contributed by atoms with Crippen LogP contribution in [0.2, 0.25) is 0 Å². The average molecular weight is 356 g/mol. The maximum Gasteiger partial charge on any atom is 0.222 e. The molecule has 0 aromatic heterocycles. The summed E-state index contributed by atoms with van der Waals surface area (Å²) in [4.78, 5) is 12.1. The maximum absolute atomic E-state index is 12.9.